The van der Waals surface area contributed by atoms with Gasteiger partial charge in [0.25, 0.3) is 0 Å². The molecule has 26 heavy (non-hydrogen) atoms. The Kier molecular flexibility index (Phi) is 5.05. The molecule has 4 rings (SSSR count). The molecule has 2 bridgehead atoms. The highest BCUT2D eigenvalue weighted by Crippen LogP contribution is 2.64. The number of hydrogen-bond donors (Lipinski definition) is 2. The monoisotopic (exact) mass is 358 g/mol. The summed E-state index contributed by atoms with van der Waals surface area (Å²) in [5.74, 6) is 0.972. The molecular weight excluding hydrogens is 328 g/mol. The van der Waals surface area contributed by atoms with Crippen LogP contribution in [-0.2, 0) is 16.1 Å². The Morgan fingerprint density at radius 2 is 1.92 bits per heavy atom. The van der Waals surface area contributed by atoms with Gasteiger partial charge >= 0.3 is 5.97 Å². The number of phenolic OH excluding ortho intramolecular Hbond substituents is 2. The van der Waals surface area contributed by atoms with Crippen LogP contribution < -0.4 is 0 Å². The van der Waals surface area contributed by atoms with E-state index >= 15 is 0 Å². The van der Waals surface area contributed by atoms with Gasteiger partial charge in [0, 0.05) is 17.9 Å². The quantitative estimate of drug-likeness (QED) is 0.552. The van der Waals surface area contributed by atoms with Crippen molar-refractivity contribution in [2.45, 2.75) is 65.9 Å². The molecule has 142 valence electrons. The molecule has 0 aromatic heterocycles. The van der Waals surface area contributed by atoms with Gasteiger partial charge in [-0.15, -0.1) is 0 Å². The number of ether oxygens (including phenoxy) is 1. The van der Waals surface area contributed by atoms with Gasteiger partial charge in [-0.1, -0.05) is 38.8 Å². The third-order valence-corrected chi connectivity index (χ3v) is 6.43. The Morgan fingerprint density at radius 3 is 2.46 bits per heavy atom. The topological polar surface area (TPSA) is 66.8 Å². The number of phenols is 2. The normalized spacial score (nSPS) is 26.0. The van der Waals surface area contributed by atoms with E-state index in [2.05, 4.69) is 26.8 Å². The first-order valence-electron chi connectivity index (χ1n) is 9.64. The zero-order chi connectivity index (χ0) is 19.1. The van der Waals surface area contributed by atoms with Gasteiger partial charge in [-0.25, -0.2) is 0 Å². The average molecular weight is 358 g/mol. The fourth-order valence-electron chi connectivity index (χ4n) is 4.80. The number of allylic oxidation sites excluding steroid dienone is 2. The maximum atomic E-state index is 11.7. The summed E-state index contributed by atoms with van der Waals surface area (Å²) in [7, 11) is 0. The van der Waals surface area contributed by atoms with Gasteiger partial charge in [0.15, 0.2) is 0 Å². The van der Waals surface area contributed by atoms with E-state index in [-0.39, 0.29) is 35.4 Å². The van der Waals surface area contributed by atoms with E-state index in [0.717, 1.165) is 19.3 Å². The fourth-order valence-corrected chi connectivity index (χ4v) is 4.80. The minimum atomic E-state index is -0.247. The summed E-state index contributed by atoms with van der Waals surface area (Å²) in [6, 6.07) is 3.23. The number of hydrogen-bond acceptors (Lipinski definition) is 4. The molecule has 0 unspecified atom stereocenters. The number of carbonyl (C=O) groups is 1. The molecule has 3 aliphatic carbocycles. The van der Waals surface area contributed by atoms with Crippen LogP contribution in [0.5, 0.6) is 11.5 Å². The van der Waals surface area contributed by atoms with Gasteiger partial charge in [0.1, 0.15) is 18.1 Å². The highest BCUT2D eigenvalue weighted by molar-refractivity contribution is 5.69. The number of carbonyl (C=O) groups excluding carboxylic acids is 1. The van der Waals surface area contributed by atoms with E-state index in [1.807, 2.05) is 6.92 Å². The summed E-state index contributed by atoms with van der Waals surface area (Å²) >= 11 is 0. The molecular formula is C22H30O4. The van der Waals surface area contributed by atoms with Gasteiger partial charge in [0.05, 0.1) is 0 Å². The zero-order valence-electron chi connectivity index (χ0n) is 16.2. The van der Waals surface area contributed by atoms with Crippen LogP contribution >= 0.6 is 0 Å². The van der Waals surface area contributed by atoms with E-state index in [0.29, 0.717) is 29.4 Å². The summed E-state index contributed by atoms with van der Waals surface area (Å²) in [5, 5.41) is 21.2. The molecule has 0 spiro atoms. The molecule has 0 amide bonds. The highest BCUT2D eigenvalue weighted by Gasteiger charge is 2.55. The Balaban J connectivity index is 1.78. The second kappa shape index (κ2) is 6.98. The van der Waals surface area contributed by atoms with Crippen molar-refractivity contribution < 1.29 is 19.7 Å². The van der Waals surface area contributed by atoms with Crippen molar-refractivity contribution in [3.05, 3.63) is 34.9 Å². The van der Waals surface area contributed by atoms with E-state index < -0.39 is 0 Å². The minimum Gasteiger partial charge on any atom is -0.507 e. The van der Waals surface area contributed by atoms with Crippen LogP contribution in [0.2, 0.25) is 0 Å². The van der Waals surface area contributed by atoms with E-state index in [1.165, 1.54) is 5.57 Å². The third kappa shape index (κ3) is 3.22. The standard InChI is InChI=1S/C22H30O4/c1-5-6-7-20(25)26-12-14-9-18(23)21(19(24)10-14)15-8-13(2)16-11-17(15)22(16,3)4/h8-10,15-17,23-24H,5-7,11-12H2,1-4H3/t15-,16+,17-/m0/s1. The smallest absolute Gasteiger partial charge is 0.306 e. The van der Waals surface area contributed by atoms with E-state index in [1.54, 1.807) is 12.1 Å². The number of fused-ring (bicyclic) bond motifs is 1. The van der Waals surface area contributed by atoms with Crippen molar-refractivity contribution in [3.8, 4) is 11.5 Å². The summed E-state index contributed by atoms with van der Waals surface area (Å²) in [5.41, 5.74) is 2.74. The average Bonchev–Trinajstić information content (AvgIpc) is 2.56. The van der Waals surface area contributed by atoms with Crippen molar-refractivity contribution in [2.75, 3.05) is 0 Å². The highest BCUT2D eigenvalue weighted by atomic mass is 16.5. The number of esters is 1. The molecule has 4 heteroatoms. The molecule has 0 heterocycles. The molecule has 0 saturated heterocycles. The molecule has 1 aromatic rings. The Hall–Kier alpha value is -1.97. The molecule has 2 N–H and O–H groups in total. The van der Waals surface area contributed by atoms with Crippen molar-refractivity contribution in [3.63, 3.8) is 0 Å². The molecule has 0 radical (unpaired) electrons. The van der Waals surface area contributed by atoms with E-state index in [9.17, 15) is 15.0 Å². The lowest BCUT2D eigenvalue weighted by atomic mass is 9.45. The first-order valence-corrected chi connectivity index (χ1v) is 9.64. The van der Waals surface area contributed by atoms with Crippen LogP contribution in [0.1, 0.15) is 70.4 Å². The van der Waals surface area contributed by atoms with Gasteiger partial charge < -0.3 is 14.9 Å². The van der Waals surface area contributed by atoms with Crippen LogP contribution in [0.25, 0.3) is 0 Å². The van der Waals surface area contributed by atoms with Crippen LogP contribution in [0.3, 0.4) is 0 Å². The summed E-state index contributed by atoms with van der Waals surface area (Å²) in [6.45, 7) is 8.78. The predicted octanol–water partition coefficient (Wildman–Crippen LogP) is 5.04. The Labute approximate surface area is 155 Å². The summed E-state index contributed by atoms with van der Waals surface area (Å²) < 4.78 is 5.23. The summed E-state index contributed by atoms with van der Waals surface area (Å²) in [6.07, 6.45) is 5.45. The molecule has 3 atom stereocenters. The number of unbranched alkanes of at least 4 members (excludes halogenated alkanes) is 1. The van der Waals surface area contributed by atoms with E-state index in [4.69, 9.17) is 4.74 Å². The van der Waals surface area contributed by atoms with Crippen molar-refractivity contribution in [1.29, 1.82) is 0 Å². The number of aromatic hydroxyl groups is 2. The second-order valence-electron chi connectivity index (χ2n) is 8.46. The van der Waals surface area contributed by atoms with Crippen LogP contribution in [0.4, 0.5) is 0 Å². The van der Waals surface area contributed by atoms with Crippen LogP contribution in [-0.4, -0.2) is 16.2 Å². The van der Waals surface area contributed by atoms with Crippen LogP contribution in [0, 0.1) is 17.3 Å². The lowest BCUT2D eigenvalue weighted by molar-refractivity contribution is -0.145. The van der Waals surface area contributed by atoms with Crippen molar-refractivity contribution in [1.82, 2.24) is 0 Å². The Morgan fingerprint density at radius 1 is 1.27 bits per heavy atom. The minimum absolute atomic E-state index is 0.0242. The summed E-state index contributed by atoms with van der Waals surface area (Å²) in [4.78, 5) is 11.7. The Bertz CT molecular complexity index is 709. The first-order chi connectivity index (χ1) is 12.3. The van der Waals surface area contributed by atoms with Gasteiger partial charge in [-0.05, 0) is 54.7 Å². The molecule has 0 aliphatic heterocycles. The molecule has 1 fully saturated rings. The maximum absolute atomic E-state index is 11.7. The molecule has 4 nitrogen and oxygen atoms in total. The molecule has 1 saturated carbocycles. The fraction of sp³-hybridized carbons (Fsp3) is 0.591. The maximum Gasteiger partial charge on any atom is 0.306 e. The lowest BCUT2D eigenvalue weighted by Gasteiger charge is -2.59. The first kappa shape index (κ1) is 18.8. The number of rotatable bonds is 6. The van der Waals surface area contributed by atoms with Gasteiger partial charge in [-0.3, -0.25) is 4.79 Å². The predicted molar refractivity (Wildman–Crippen MR) is 101 cm³/mol. The molecule has 3 aliphatic rings. The zero-order valence-corrected chi connectivity index (χ0v) is 16.2. The third-order valence-electron chi connectivity index (χ3n) is 6.43. The second-order valence-corrected chi connectivity index (χ2v) is 8.46. The van der Waals surface area contributed by atoms with Gasteiger partial charge in [-0.2, -0.15) is 0 Å². The van der Waals surface area contributed by atoms with Gasteiger partial charge in [0.2, 0.25) is 0 Å². The van der Waals surface area contributed by atoms with Crippen LogP contribution in [0.15, 0.2) is 23.8 Å². The molecule has 1 aromatic carbocycles. The van der Waals surface area contributed by atoms with Crippen molar-refractivity contribution >= 4 is 5.97 Å². The SMILES string of the molecule is CCCCC(=O)OCc1cc(O)c([C@H]2C=C(C)[C@H]3C[C@@H]2C3(C)C)c(O)c1. The lowest BCUT2D eigenvalue weighted by Crippen LogP contribution is -2.50. The number of benzene rings is 1. The van der Waals surface area contributed by atoms with Crippen molar-refractivity contribution in [2.24, 2.45) is 17.3 Å². The largest absolute Gasteiger partial charge is 0.507 e.